The van der Waals surface area contributed by atoms with Crippen molar-refractivity contribution in [2.75, 3.05) is 31.1 Å². The first kappa shape index (κ1) is 15.7. The first-order valence-electron chi connectivity index (χ1n) is 6.31. The predicted octanol–water partition coefficient (Wildman–Crippen LogP) is 1.06. The average Bonchev–Trinajstić information content (AvgIpc) is 2.40. The average molecular weight is 274 g/mol. The van der Waals surface area contributed by atoms with E-state index in [1.54, 1.807) is 4.90 Å². The van der Waals surface area contributed by atoms with E-state index >= 15 is 0 Å². The lowest BCUT2D eigenvalue weighted by Gasteiger charge is -2.24. The third-order valence-electron chi connectivity index (χ3n) is 2.72. The molecule has 0 spiro atoms. The number of amides is 1. The summed E-state index contributed by atoms with van der Waals surface area (Å²) >= 11 is 0. The van der Waals surface area contributed by atoms with Crippen molar-refractivity contribution in [2.45, 2.75) is 6.92 Å². The quantitative estimate of drug-likeness (QED) is 0.755. The number of nitrogens with zero attached hydrogens (tertiary/aromatic N) is 2. The second-order valence-corrected chi connectivity index (χ2v) is 4.22. The SMILES string of the molecule is C#CCN(CC(=O)O)CC(=O)N(CC)c1ccccc1. The van der Waals surface area contributed by atoms with E-state index in [1.807, 2.05) is 37.3 Å². The fourth-order valence-electron chi connectivity index (χ4n) is 1.88. The fourth-order valence-corrected chi connectivity index (χ4v) is 1.88. The zero-order valence-electron chi connectivity index (χ0n) is 11.5. The second-order valence-electron chi connectivity index (χ2n) is 4.22. The molecule has 1 amide bonds. The Bertz CT molecular complexity index is 494. The van der Waals surface area contributed by atoms with Crippen molar-refractivity contribution in [1.82, 2.24) is 4.90 Å². The molecular weight excluding hydrogens is 256 g/mol. The predicted molar refractivity (Wildman–Crippen MR) is 77.4 cm³/mol. The van der Waals surface area contributed by atoms with Crippen molar-refractivity contribution < 1.29 is 14.7 Å². The molecule has 0 heterocycles. The zero-order chi connectivity index (χ0) is 15.0. The Morgan fingerprint density at radius 2 is 1.90 bits per heavy atom. The highest BCUT2D eigenvalue weighted by Gasteiger charge is 2.18. The number of hydrogen-bond acceptors (Lipinski definition) is 3. The van der Waals surface area contributed by atoms with Gasteiger partial charge in [0.2, 0.25) is 5.91 Å². The first-order chi connectivity index (χ1) is 9.58. The highest BCUT2D eigenvalue weighted by molar-refractivity contribution is 5.94. The van der Waals surface area contributed by atoms with E-state index in [0.29, 0.717) is 6.54 Å². The van der Waals surface area contributed by atoms with Crippen LogP contribution in [-0.2, 0) is 9.59 Å². The minimum Gasteiger partial charge on any atom is -0.480 e. The molecule has 0 saturated carbocycles. The second kappa shape index (κ2) is 7.97. The summed E-state index contributed by atoms with van der Waals surface area (Å²) in [6, 6.07) is 9.24. The molecule has 1 aromatic carbocycles. The van der Waals surface area contributed by atoms with Crippen molar-refractivity contribution in [3.63, 3.8) is 0 Å². The van der Waals surface area contributed by atoms with Gasteiger partial charge >= 0.3 is 5.97 Å². The van der Waals surface area contributed by atoms with E-state index in [0.717, 1.165) is 5.69 Å². The summed E-state index contributed by atoms with van der Waals surface area (Å²) in [6.07, 6.45) is 5.19. The minimum atomic E-state index is -1.00. The molecule has 0 unspecified atom stereocenters. The maximum atomic E-state index is 12.3. The molecule has 0 fully saturated rings. The lowest BCUT2D eigenvalue weighted by atomic mass is 10.2. The number of rotatable bonds is 7. The van der Waals surface area contributed by atoms with Crippen molar-refractivity contribution in [3.8, 4) is 12.3 Å². The number of carboxylic acid groups (broad SMARTS) is 1. The highest BCUT2D eigenvalue weighted by atomic mass is 16.4. The van der Waals surface area contributed by atoms with Gasteiger partial charge in [0.25, 0.3) is 0 Å². The van der Waals surface area contributed by atoms with E-state index in [4.69, 9.17) is 11.5 Å². The van der Waals surface area contributed by atoms with Crippen LogP contribution in [0.5, 0.6) is 0 Å². The van der Waals surface area contributed by atoms with Crippen LogP contribution < -0.4 is 4.90 Å². The molecule has 0 atom stereocenters. The van der Waals surface area contributed by atoms with E-state index in [9.17, 15) is 9.59 Å². The molecule has 5 heteroatoms. The van der Waals surface area contributed by atoms with E-state index in [1.165, 1.54) is 4.90 Å². The lowest BCUT2D eigenvalue weighted by molar-refractivity contribution is -0.138. The Morgan fingerprint density at radius 1 is 1.25 bits per heavy atom. The van der Waals surface area contributed by atoms with Crippen molar-refractivity contribution >= 4 is 17.6 Å². The van der Waals surface area contributed by atoms with Crippen LogP contribution in [-0.4, -0.2) is 48.1 Å². The van der Waals surface area contributed by atoms with E-state index in [2.05, 4.69) is 5.92 Å². The number of carbonyl (C=O) groups excluding carboxylic acids is 1. The number of hydrogen-bond donors (Lipinski definition) is 1. The molecular formula is C15H18N2O3. The number of benzene rings is 1. The summed E-state index contributed by atoms with van der Waals surface area (Å²) in [4.78, 5) is 26.0. The molecule has 1 rings (SSSR count). The van der Waals surface area contributed by atoms with Crippen LogP contribution in [0, 0.1) is 12.3 Å². The Hall–Kier alpha value is -2.32. The maximum Gasteiger partial charge on any atom is 0.317 e. The van der Waals surface area contributed by atoms with Gasteiger partial charge in [0.05, 0.1) is 19.6 Å². The number of likely N-dealkylation sites (N-methyl/N-ethyl adjacent to an activating group) is 1. The summed E-state index contributed by atoms with van der Waals surface area (Å²) < 4.78 is 0. The smallest absolute Gasteiger partial charge is 0.317 e. The molecule has 5 nitrogen and oxygen atoms in total. The van der Waals surface area contributed by atoms with E-state index < -0.39 is 5.97 Å². The Balaban J connectivity index is 2.76. The number of anilines is 1. The highest BCUT2D eigenvalue weighted by Crippen LogP contribution is 2.13. The monoisotopic (exact) mass is 274 g/mol. The summed E-state index contributed by atoms with van der Waals surface area (Å²) in [7, 11) is 0. The molecule has 1 aromatic rings. The van der Waals surface area contributed by atoms with Crippen LogP contribution in [0.2, 0.25) is 0 Å². The standard InChI is InChI=1S/C15H18N2O3/c1-3-10-16(12-15(19)20)11-14(18)17(4-2)13-8-6-5-7-9-13/h1,5-9H,4,10-12H2,2H3,(H,19,20). The molecule has 0 bridgehead atoms. The number of terminal acetylenes is 1. The van der Waals surface area contributed by atoms with Gasteiger partial charge in [-0.1, -0.05) is 24.1 Å². The summed E-state index contributed by atoms with van der Waals surface area (Å²) in [5.74, 6) is 1.19. The lowest BCUT2D eigenvalue weighted by Crippen LogP contribution is -2.42. The number of carboxylic acids is 1. The van der Waals surface area contributed by atoms with Crippen LogP contribution in [0.4, 0.5) is 5.69 Å². The summed E-state index contributed by atoms with van der Waals surface area (Å²) in [5.41, 5.74) is 0.788. The number of para-hydroxylation sites is 1. The molecule has 106 valence electrons. The van der Waals surface area contributed by atoms with Crippen molar-refractivity contribution in [3.05, 3.63) is 30.3 Å². The van der Waals surface area contributed by atoms with Gasteiger partial charge in [0.1, 0.15) is 0 Å². The largest absolute Gasteiger partial charge is 0.480 e. The maximum absolute atomic E-state index is 12.3. The normalized spacial score (nSPS) is 10.1. The topological polar surface area (TPSA) is 60.9 Å². The summed E-state index contributed by atoms with van der Waals surface area (Å²) in [5, 5.41) is 8.80. The van der Waals surface area contributed by atoms with Crippen LogP contribution >= 0.6 is 0 Å². The number of carbonyl (C=O) groups is 2. The molecule has 0 aromatic heterocycles. The van der Waals surface area contributed by atoms with Crippen molar-refractivity contribution in [2.24, 2.45) is 0 Å². The van der Waals surface area contributed by atoms with Crippen molar-refractivity contribution in [1.29, 1.82) is 0 Å². The Morgan fingerprint density at radius 3 is 2.40 bits per heavy atom. The minimum absolute atomic E-state index is 0.0146. The van der Waals surface area contributed by atoms with Gasteiger partial charge in [0, 0.05) is 12.2 Å². The van der Waals surface area contributed by atoms with E-state index in [-0.39, 0.29) is 25.5 Å². The zero-order valence-corrected chi connectivity index (χ0v) is 11.5. The molecule has 20 heavy (non-hydrogen) atoms. The van der Waals surface area contributed by atoms with Gasteiger partial charge in [-0.2, -0.15) is 0 Å². The van der Waals surface area contributed by atoms with Gasteiger partial charge in [0.15, 0.2) is 0 Å². The fraction of sp³-hybridized carbons (Fsp3) is 0.333. The molecule has 1 N–H and O–H groups in total. The third-order valence-corrected chi connectivity index (χ3v) is 2.72. The molecule has 0 radical (unpaired) electrons. The third kappa shape index (κ3) is 4.75. The van der Waals surface area contributed by atoms with Gasteiger partial charge in [-0.15, -0.1) is 6.42 Å². The van der Waals surface area contributed by atoms with Gasteiger partial charge < -0.3 is 10.0 Å². The Labute approximate surface area is 118 Å². The number of aliphatic carboxylic acids is 1. The molecule has 0 aliphatic carbocycles. The molecule has 0 saturated heterocycles. The van der Waals surface area contributed by atoms with Gasteiger partial charge in [-0.05, 0) is 19.1 Å². The van der Waals surface area contributed by atoms with Gasteiger partial charge in [-0.25, -0.2) is 0 Å². The Kier molecular flexibility index (Phi) is 6.27. The van der Waals surface area contributed by atoms with Crippen LogP contribution in [0.1, 0.15) is 6.92 Å². The van der Waals surface area contributed by atoms with Crippen LogP contribution in [0.25, 0.3) is 0 Å². The first-order valence-corrected chi connectivity index (χ1v) is 6.31. The van der Waals surface area contributed by atoms with Gasteiger partial charge in [-0.3, -0.25) is 14.5 Å². The van der Waals surface area contributed by atoms with Crippen LogP contribution in [0.15, 0.2) is 30.3 Å². The van der Waals surface area contributed by atoms with Crippen LogP contribution in [0.3, 0.4) is 0 Å². The molecule has 0 aliphatic heterocycles. The summed E-state index contributed by atoms with van der Waals surface area (Å²) in [6.45, 7) is 2.25. The molecule has 0 aliphatic rings.